The van der Waals surface area contributed by atoms with Crippen LogP contribution in [0.3, 0.4) is 0 Å². The molecule has 2 rings (SSSR count). The van der Waals surface area contributed by atoms with Crippen LogP contribution in [0.2, 0.25) is 0 Å². The normalized spacial score (nSPS) is 18.2. The van der Waals surface area contributed by atoms with Crippen molar-refractivity contribution < 1.29 is 5.11 Å². The fourth-order valence-corrected chi connectivity index (χ4v) is 2.28. The van der Waals surface area contributed by atoms with Gasteiger partial charge in [-0.15, -0.1) is 0 Å². The highest BCUT2D eigenvalue weighted by atomic mass is 79.9. The summed E-state index contributed by atoms with van der Waals surface area (Å²) in [5, 5.41) is 9.84. The summed E-state index contributed by atoms with van der Waals surface area (Å²) in [6.45, 7) is 1.90. The van der Waals surface area contributed by atoms with Crippen molar-refractivity contribution in [2.45, 2.75) is 31.7 Å². The van der Waals surface area contributed by atoms with Gasteiger partial charge in [-0.2, -0.15) is 0 Å². The van der Waals surface area contributed by atoms with Crippen molar-refractivity contribution in [3.05, 3.63) is 27.7 Å². The third kappa shape index (κ3) is 1.93. The first-order chi connectivity index (χ1) is 6.50. The lowest BCUT2D eigenvalue weighted by atomic mass is 10.0. The van der Waals surface area contributed by atoms with Gasteiger partial charge in [0, 0.05) is 10.0 Å². The Bertz CT molecular complexity index is 372. The Morgan fingerprint density at radius 1 is 1.50 bits per heavy atom. The van der Waals surface area contributed by atoms with Crippen LogP contribution in [0.25, 0.3) is 0 Å². The van der Waals surface area contributed by atoms with Crippen molar-refractivity contribution in [3.8, 4) is 5.75 Å². The van der Waals surface area contributed by atoms with E-state index in [-0.39, 0.29) is 5.54 Å². The number of nitrogens with two attached hydrogens (primary N) is 1. The fourth-order valence-electron chi connectivity index (χ4n) is 1.66. The van der Waals surface area contributed by atoms with Crippen LogP contribution in [0.4, 0.5) is 0 Å². The van der Waals surface area contributed by atoms with E-state index in [0.717, 1.165) is 34.9 Å². The van der Waals surface area contributed by atoms with Crippen molar-refractivity contribution >= 4 is 15.9 Å². The molecule has 14 heavy (non-hydrogen) atoms. The smallest absolute Gasteiger partial charge is 0.121 e. The molecule has 0 atom stereocenters. The van der Waals surface area contributed by atoms with E-state index in [1.165, 1.54) is 0 Å². The molecule has 3 N–H and O–H groups in total. The van der Waals surface area contributed by atoms with Gasteiger partial charge in [0.2, 0.25) is 0 Å². The first kappa shape index (κ1) is 9.99. The van der Waals surface area contributed by atoms with E-state index < -0.39 is 0 Å². The van der Waals surface area contributed by atoms with E-state index in [4.69, 9.17) is 5.73 Å². The van der Waals surface area contributed by atoms with Gasteiger partial charge in [-0.25, -0.2) is 0 Å². The first-order valence-electron chi connectivity index (χ1n) is 4.77. The summed E-state index contributed by atoms with van der Waals surface area (Å²) in [4.78, 5) is 0. The van der Waals surface area contributed by atoms with Crippen LogP contribution in [-0.2, 0) is 6.42 Å². The van der Waals surface area contributed by atoms with Crippen LogP contribution < -0.4 is 5.73 Å². The van der Waals surface area contributed by atoms with E-state index in [1.54, 1.807) is 0 Å². The predicted molar refractivity (Wildman–Crippen MR) is 60.4 cm³/mol. The molecule has 0 aromatic heterocycles. The van der Waals surface area contributed by atoms with Gasteiger partial charge in [-0.3, -0.25) is 0 Å². The molecular weight excluding hydrogens is 242 g/mol. The lowest BCUT2D eigenvalue weighted by Crippen LogP contribution is -2.24. The minimum absolute atomic E-state index is 0.0509. The van der Waals surface area contributed by atoms with Gasteiger partial charge >= 0.3 is 0 Å². The number of hydrogen-bond donors (Lipinski definition) is 2. The Kier molecular flexibility index (Phi) is 2.32. The predicted octanol–water partition coefficient (Wildman–Crippen LogP) is 2.50. The lowest BCUT2D eigenvalue weighted by molar-refractivity contribution is 0.459. The summed E-state index contributed by atoms with van der Waals surface area (Å²) in [6.07, 6.45) is 2.91. The second kappa shape index (κ2) is 3.24. The second-order valence-electron chi connectivity index (χ2n) is 4.27. The van der Waals surface area contributed by atoms with Gasteiger partial charge < -0.3 is 10.8 Å². The monoisotopic (exact) mass is 255 g/mol. The molecule has 0 amide bonds. The molecule has 1 aliphatic carbocycles. The zero-order chi connectivity index (χ0) is 10.3. The van der Waals surface area contributed by atoms with Crippen LogP contribution in [0.1, 0.15) is 24.0 Å². The molecule has 3 heteroatoms. The molecule has 76 valence electrons. The summed E-state index contributed by atoms with van der Waals surface area (Å²) in [5.41, 5.74) is 7.83. The Hall–Kier alpha value is -0.540. The zero-order valence-electron chi connectivity index (χ0n) is 8.18. The van der Waals surface area contributed by atoms with Crippen LogP contribution in [0.15, 0.2) is 16.6 Å². The van der Waals surface area contributed by atoms with Crippen molar-refractivity contribution in [1.29, 1.82) is 0 Å². The molecule has 1 aliphatic rings. The van der Waals surface area contributed by atoms with E-state index in [9.17, 15) is 5.11 Å². The molecule has 0 saturated heterocycles. The number of phenols is 1. The topological polar surface area (TPSA) is 46.2 Å². The number of phenolic OH excluding ortho intramolecular Hbond substituents is 1. The molecule has 1 aromatic carbocycles. The fraction of sp³-hybridized carbons (Fsp3) is 0.455. The lowest BCUT2D eigenvalue weighted by Gasteiger charge is -2.12. The van der Waals surface area contributed by atoms with Crippen molar-refractivity contribution in [1.82, 2.24) is 0 Å². The molecule has 0 aliphatic heterocycles. The summed E-state index contributed by atoms with van der Waals surface area (Å²) < 4.78 is 1.01. The highest BCUT2D eigenvalue weighted by molar-refractivity contribution is 9.10. The third-order valence-corrected chi connectivity index (χ3v) is 3.24. The highest BCUT2D eigenvalue weighted by Gasteiger charge is 2.38. The van der Waals surface area contributed by atoms with Crippen molar-refractivity contribution in [3.63, 3.8) is 0 Å². The summed E-state index contributed by atoms with van der Waals surface area (Å²) >= 11 is 3.42. The Morgan fingerprint density at radius 3 is 2.71 bits per heavy atom. The number of hydrogen-bond acceptors (Lipinski definition) is 2. The summed E-state index contributed by atoms with van der Waals surface area (Å²) in [7, 11) is 0. The van der Waals surface area contributed by atoms with Crippen LogP contribution in [0, 0.1) is 6.92 Å². The zero-order valence-corrected chi connectivity index (χ0v) is 9.76. The molecule has 0 heterocycles. The molecule has 0 bridgehead atoms. The molecule has 0 spiro atoms. The first-order valence-corrected chi connectivity index (χ1v) is 5.56. The van der Waals surface area contributed by atoms with Gasteiger partial charge in [-0.05, 0) is 49.4 Å². The van der Waals surface area contributed by atoms with E-state index in [0.29, 0.717) is 5.75 Å². The molecular formula is C11H14BrNO. The molecule has 1 fully saturated rings. The standard InChI is InChI=1S/C11H14BrNO/c1-7-4-9(12)5-8(10(7)14)6-11(13)2-3-11/h4-5,14H,2-3,6,13H2,1H3. The SMILES string of the molecule is Cc1cc(Br)cc(CC2(N)CC2)c1O. The minimum Gasteiger partial charge on any atom is -0.507 e. The number of benzene rings is 1. The van der Waals surface area contributed by atoms with Gasteiger partial charge in [0.25, 0.3) is 0 Å². The van der Waals surface area contributed by atoms with Crippen molar-refractivity contribution in [2.24, 2.45) is 5.73 Å². The maximum atomic E-state index is 9.84. The highest BCUT2D eigenvalue weighted by Crippen LogP contribution is 2.39. The number of rotatable bonds is 2. The molecule has 1 saturated carbocycles. The average molecular weight is 256 g/mol. The molecule has 1 aromatic rings. The maximum absolute atomic E-state index is 9.84. The molecule has 0 radical (unpaired) electrons. The van der Waals surface area contributed by atoms with Gasteiger partial charge in [0.1, 0.15) is 5.75 Å². The van der Waals surface area contributed by atoms with E-state index in [1.807, 2.05) is 19.1 Å². The van der Waals surface area contributed by atoms with Crippen molar-refractivity contribution in [2.75, 3.05) is 0 Å². The van der Waals surface area contributed by atoms with Crippen LogP contribution in [-0.4, -0.2) is 10.6 Å². The second-order valence-corrected chi connectivity index (χ2v) is 5.19. The average Bonchev–Trinajstić information content (AvgIpc) is 2.79. The number of halogens is 1. The summed E-state index contributed by atoms with van der Waals surface area (Å²) in [6, 6.07) is 3.87. The van der Waals surface area contributed by atoms with Gasteiger partial charge in [0.15, 0.2) is 0 Å². The number of aromatic hydroxyl groups is 1. The van der Waals surface area contributed by atoms with Crippen LogP contribution in [0.5, 0.6) is 5.75 Å². The quantitative estimate of drug-likeness (QED) is 0.853. The van der Waals surface area contributed by atoms with Gasteiger partial charge in [-0.1, -0.05) is 15.9 Å². The maximum Gasteiger partial charge on any atom is 0.121 e. The Morgan fingerprint density at radius 2 is 2.14 bits per heavy atom. The van der Waals surface area contributed by atoms with E-state index >= 15 is 0 Å². The third-order valence-electron chi connectivity index (χ3n) is 2.78. The summed E-state index contributed by atoms with van der Waals surface area (Å²) in [5.74, 6) is 0.393. The largest absolute Gasteiger partial charge is 0.507 e. The Balaban J connectivity index is 2.32. The van der Waals surface area contributed by atoms with Crippen LogP contribution >= 0.6 is 15.9 Å². The Labute approximate surface area is 92.3 Å². The minimum atomic E-state index is -0.0509. The van der Waals surface area contributed by atoms with Gasteiger partial charge in [0.05, 0.1) is 0 Å². The number of aryl methyl sites for hydroxylation is 1. The molecule has 2 nitrogen and oxygen atoms in total. The molecule has 0 unspecified atom stereocenters. The van der Waals surface area contributed by atoms with E-state index in [2.05, 4.69) is 15.9 Å².